The van der Waals surface area contributed by atoms with Crippen LogP contribution in [0.15, 0.2) is 24.3 Å². The quantitative estimate of drug-likeness (QED) is 0.225. The van der Waals surface area contributed by atoms with Gasteiger partial charge in [-0.15, -0.1) is 0 Å². The Morgan fingerprint density at radius 3 is 2.68 bits per heavy atom. The molecule has 4 rings (SSSR count). The van der Waals surface area contributed by atoms with Gasteiger partial charge in [-0.05, 0) is 62.4 Å². The number of anilines is 1. The average Bonchev–Trinajstić information content (AvgIpc) is 3.41. The first-order chi connectivity index (χ1) is 17.5. The van der Waals surface area contributed by atoms with Crippen LogP contribution in [0.5, 0.6) is 0 Å². The molecule has 1 N–H and O–H groups in total. The number of amides is 2. The van der Waals surface area contributed by atoms with E-state index in [0.717, 1.165) is 18.4 Å². The third-order valence-corrected chi connectivity index (χ3v) is 10.6. The van der Waals surface area contributed by atoms with Crippen molar-refractivity contribution in [2.45, 2.75) is 95.5 Å². The molecule has 3 heterocycles. The number of esters is 1. The zero-order valence-electron chi connectivity index (χ0n) is 22.2. The van der Waals surface area contributed by atoms with Crippen LogP contribution in [0, 0.1) is 5.92 Å². The Morgan fingerprint density at radius 1 is 1.27 bits per heavy atom. The van der Waals surface area contributed by atoms with E-state index >= 15 is 4.11 Å². The molecule has 1 aromatic rings. The van der Waals surface area contributed by atoms with E-state index in [2.05, 4.69) is 0 Å². The van der Waals surface area contributed by atoms with Gasteiger partial charge < -0.3 is 23.6 Å². The maximum Gasteiger partial charge on any atom is 0.304 e. The van der Waals surface area contributed by atoms with Crippen LogP contribution >= 0.6 is 0 Å². The van der Waals surface area contributed by atoms with E-state index in [1.807, 2.05) is 31.2 Å². The summed E-state index contributed by atoms with van der Waals surface area (Å²) >= 11 is 0. The van der Waals surface area contributed by atoms with Crippen LogP contribution in [0.2, 0.25) is 18.6 Å². The van der Waals surface area contributed by atoms with Crippen molar-refractivity contribution in [2.75, 3.05) is 18.1 Å². The van der Waals surface area contributed by atoms with Crippen LogP contribution in [0.3, 0.4) is 0 Å². The van der Waals surface area contributed by atoms with Crippen LogP contribution in [-0.4, -0.2) is 73.8 Å². The zero-order valence-corrected chi connectivity index (χ0v) is 23.2. The van der Waals surface area contributed by atoms with Gasteiger partial charge in [-0.25, -0.2) is 0 Å². The maximum atomic E-state index is 15.5. The largest absolute Gasteiger partial charge is 0.441 e. The third kappa shape index (κ3) is 6.07. The van der Waals surface area contributed by atoms with E-state index in [1.54, 1.807) is 18.0 Å². The number of benzene rings is 1. The second-order valence-corrected chi connectivity index (χ2v) is 15.0. The lowest BCUT2D eigenvalue weighted by Crippen LogP contribution is -2.54. The molecule has 3 aliphatic rings. The number of carbonyl (C=O) groups is 3. The first kappa shape index (κ1) is 27.7. The highest BCUT2D eigenvalue weighted by molar-refractivity contribution is 6.72. The summed E-state index contributed by atoms with van der Waals surface area (Å²) in [5, 5.41) is 9.61. The summed E-state index contributed by atoms with van der Waals surface area (Å²) < 4.78 is 27.1. The van der Waals surface area contributed by atoms with Crippen molar-refractivity contribution < 1.29 is 33.1 Å². The number of likely N-dealkylation sites (tertiary alicyclic amines) is 1. The highest BCUT2D eigenvalue weighted by Crippen LogP contribution is 2.47. The molecule has 6 atom stereocenters. The first-order valence-electron chi connectivity index (χ1n) is 13.3. The lowest BCUT2D eigenvalue weighted by Gasteiger charge is -2.39. The lowest BCUT2D eigenvalue weighted by atomic mass is 9.94. The molecule has 3 aliphatic heterocycles. The van der Waals surface area contributed by atoms with Gasteiger partial charge in [0.2, 0.25) is 20.2 Å². The molecule has 0 spiro atoms. The lowest BCUT2D eigenvalue weighted by molar-refractivity contribution is -0.154. The molecule has 0 radical (unpaired) electrons. The summed E-state index contributed by atoms with van der Waals surface area (Å²) in [4.78, 5) is 39.8. The molecule has 0 bridgehead atoms. The second kappa shape index (κ2) is 11.2. The fourth-order valence-electron chi connectivity index (χ4n) is 6.37. The van der Waals surface area contributed by atoms with Crippen LogP contribution in [-0.2, 0) is 30.3 Å². The minimum absolute atomic E-state index is 0.0230. The van der Waals surface area contributed by atoms with Gasteiger partial charge in [-0.3, -0.25) is 19.3 Å². The average molecular weight is 535 g/mol. The summed E-state index contributed by atoms with van der Waals surface area (Å²) in [7, 11) is -3.11. The van der Waals surface area contributed by atoms with Gasteiger partial charge in [0.1, 0.15) is 0 Å². The summed E-state index contributed by atoms with van der Waals surface area (Å²) in [5.74, 6) is -0.607. The van der Waals surface area contributed by atoms with Crippen molar-refractivity contribution in [3.63, 3.8) is 0 Å². The van der Waals surface area contributed by atoms with Crippen LogP contribution < -0.4 is 4.90 Å². The van der Waals surface area contributed by atoms with E-state index in [9.17, 15) is 19.5 Å². The zero-order chi connectivity index (χ0) is 26.9. The first-order valence-corrected chi connectivity index (χ1v) is 16.3. The molecule has 0 aliphatic carbocycles. The van der Waals surface area contributed by atoms with Gasteiger partial charge in [0.05, 0.1) is 37.7 Å². The van der Waals surface area contributed by atoms with Gasteiger partial charge in [-0.2, -0.15) is 0 Å². The smallest absolute Gasteiger partial charge is 0.304 e. The summed E-state index contributed by atoms with van der Waals surface area (Å²) in [6, 6.07) is 7.43. The van der Waals surface area contributed by atoms with Crippen molar-refractivity contribution in [3.05, 3.63) is 29.8 Å². The molecule has 3 saturated heterocycles. The number of hydrogen-bond acceptors (Lipinski definition) is 6. The SMILES string of the molecule is CC(=O)OC1CC(=O)N1c1cccc(CC[C@@H]2O[C@H](CC(=O)N3CCC[C@H]3CO)[C@@H]([Si](C)(C)F)[C@@H]2C)c1. The number of halogens is 1. The Morgan fingerprint density at radius 2 is 2.03 bits per heavy atom. The Labute approximate surface area is 219 Å². The fourth-order valence-corrected chi connectivity index (χ4v) is 8.92. The van der Waals surface area contributed by atoms with Crippen molar-refractivity contribution in [3.8, 4) is 0 Å². The third-order valence-electron chi connectivity index (χ3n) is 8.09. The second-order valence-electron chi connectivity index (χ2n) is 11.2. The number of ether oxygens (including phenoxy) is 2. The standard InChI is InChI=1S/C27H39FN2O6Si/c1-17-22(11-10-19-7-5-8-20(13-19)30-25(34)15-26(30)35-18(2)32)36-23(27(17)37(3,4)28)14-24(33)29-12-6-9-21(29)16-31/h5,7-8,13,17,21-23,26-27,31H,6,9-12,14-16H2,1-4H3/t17-,21+,22+,23-,26?,27+/m1/s1. The molecule has 1 unspecified atom stereocenters. The molecular formula is C27H39FN2O6Si. The highest BCUT2D eigenvalue weighted by Gasteiger charge is 2.52. The summed E-state index contributed by atoms with van der Waals surface area (Å²) in [6.07, 6.45) is 2.11. The number of rotatable bonds is 9. The molecule has 2 amide bonds. The fraction of sp³-hybridized carbons (Fsp3) is 0.667. The molecule has 1 aromatic carbocycles. The molecular weight excluding hydrogens is 495 g/mol. The van der Waals surface area contributed by atoms with Crippen molar-refractivity contribution in [1.29, 1.82) is 0 Å². The maximum absolute atomic E-state index is 15.5. The van der Waals surface area contributed by atoms with E-state index in [-0.39, 0.29) is 54.9 Å². The van der Waals surface area contributed by atoms with E-state index < -0.39 is 26.7 Å². The van der Waals surface area contributed by atoms with Crippen molar-refractivity contribution in [1.82, 2.24) is 4.90 Å². The van der Waals surface area contributed by atoms with Crippen molar-refractivity contribution >= 4 is 31.9 Å². The Hall–Kier alpha value is -2.30. The molecule has 3 fully saturated rings. The van der Waals surface area contributed by atoms with Crippen LogP contribution in [0.4, 0.5) is 9.80 Å². The number of β-lactam (4-membered cyclic amide) rings is 1. The normalized spacial score (nSPS) is 29.9. The Kier molecular flexibility index (Phi) is 8.40. The van der Waals surface area contributed by atoms with Crippen LogP contribution in [0.25, 0.3) is 0 Å². The molecule has 37 heavy (non-hydrogen) atoms. The molecule has 0 aromatic heterocycles. The number of aliphatic hydroxyl groups is 1. The number of carbonyl (C=O) groups excluding carboxylic acids is 3. The van der Waals surface area contributed by atoms with Gasteiger partial charge in [0.25, 0.3) is 0 Å². The van der Waals surface area contributed by atoms with E-state index in [1.165, 1.54) is 11.8 Å². The minimum Gasteiger partial charge on any atom is -0.441 e. The van der Waals surface area contributed by atoms with Gasteiger partial charge in [0, 0.05) is 24.7 Å². The van der Waals surface area contributed by atoms with Gasteiger partial charge in [0.15, 0.2) is 6.23 Å². The number of aliphatic hydroxyl groups excluding tert-OH is 1. The Balaban J connectivity index is 1.41. The topological polar surface area (TPSA) is 96.4 Å². The minimum atomic E-state index is -3.11. The van der Waals surface area contributed by atoms with Gasteiger partial charge >= 0.3 is 5.97 Å². The number of hydrogen-bond donors (Lipinski definition) is 1. The molecule has 8 nitrogen and oxygen atoms in total. The summed E-state index contributed by atoms with van der Waals surface area (Å²) in [5.41, 5.74) is 1.40. The van der Waals surface area contributed by atoms with Gasteiger partial charge in [-0.1, -0.05) is 19.1 Å². The van der Waals surface area contributed by atoms with Crippen LogP contribution in [0.1, 0.15) is 51.5 Å². The summed E-state index contributed by atoms with van der Waals surface area (Å²) in [6.45, 7) is 7.32. The number of nitrogens with zero attached hydrogens (tertiary/aromatic N) is 2. The van der Waals surface area contributed by atoms with Crippen molar-refractivity contribution in [2.24, 2.45) is 5.92 Å². The highest BCUT2D eigenvalue weighted by atomic mass is 28.4. The van der Waals surface area contributed by atoms with E-state index in [0.29, 0.717) is 25.1 Å². The molecule has 204 valence electrons. The predicted octanol–water partition coefficient (Wildman–Crippen LogP) is 3.57. The molecule has 0 saturated carbocycles. The predicted molar refractivity (Wildman–Crippen MR) is 139 cm³/mol. The monoisotopic (exact) mass is 534 g/mol. The van der Waals surface area contributed by atoms with E-state index in [4.69, 9.17) is 9.47 Å². The number of aryl methyl sites for hydroxylation is 1. The Bertz CT molecular complexity index is 1020. The molecule has 10 heteroatoms.